The molecule has 0 aromatic heterocycles. The van der Waals surface area contributed by atoms with Crippen molar-refractivity contribution in [3.05, 3.63) is 35.4 Å². The van der Waals surface area contributed by atoms with Crippen LogP contribution < -0.4 is 5.48 Å². The van der Waals surface area contributed by atoms with Gasteiger partial charge in [0.1, 0.15) is 0 Å². The van der Waals surface area contributed by atoms with Crippen molar-refractivity contribution >= 4 is 5.91 Å². The summed E-state index contributed by atoms with van der Waals surface area (Å²) in [6.45, 7) is 2.26. The van der Waals surface area contributed by atoms with Gasteiger partial charge in [0, 0.05) is 5.56 Å². The van der Waals surface area contributed by atoms with Crippen LogP contribution >= 0.6 is 0 Å². The van der Waals surface area contributed by atoms with Crippen LogP contribution in [0.4, 0.5) is 0 Å². The Morgan fingerprint density at radius 3 is 2.37 bits per heavy atom. The van der Waals surface area contributed by atoms with Gasteiger partial charge in [-0.15, -0.1) is 0 Å². The normalized spacial score (nSPS) is 23.1. The minimum atomic E-state index is -0.446. The van der Waals surface area contributed by atoms with Gasteiger partial charge < -0.3 is 0 Å². The summed E-state index contributed by atoms with van der Waals surface area (Å²) in [5.41, 5.74) is 3.49. The highest BCUT2D eigenvalue weighted by Gasteiger charge is 2.21. The van der Waals surface area contributed by atoms with E-state index >= 15 is 0 Å². The third-order valence-electron chi connectivity index (χ3n) is 4.29. The maximum absolute atomic E-state index is 11.3. The average Bonchev–Trinajstić information content (AvgIpc) is 2.48. The van der Waals surface area contributed by atoms with Gasteiger partial charge in [0.25, 0.3) is 5.91 Å². The first-order valence-corrected chi connectivity index (χ1v) is 7.29. The highest BCUT2D eigenvalue weighted by molar-refractivity contribution is 5.93. The van der Waals surface area contributed by atoms with Crippen molar-refractivity contribution in [2.75, 3.05) is 0 Å². The summed E-state index contributed by atoms with van der Waals surface area (Å²) in [4.78, 5) is 11.3. The van der Waals surface area contributed by atoms with Crippen LogP contribution in [0, 0.1) is 5.92 Å². The van der Waals surface area contributed by atoms with E-state index in [0.29, 0.717) is 11.5 Å². The molecule has 104 valence electrons. The van der Waals surface area contributed by atoms with E-state index in [1.165, 1.54) is 44.1 Å². The number of nitrogens with one attached hydrogen (secondary N) is 1. The molecule has 0 spiro atoms. The number of rotatable bonds is 4. The van der Waals surface area contributed by atoms with Gasteiger partial charge in [0.15, 0.2) is 0 Å². The summed E-state index contributed by atoms with van der Waals surface area (Å²) in [5.74, 6) is 1.11. The van der Waals surface area contributed by atoms with Gasteiger partial charge in [0.2, 0.25) is 0 Å². The quantitative estimate of drug-likeness (QED) is 0.638. The Bertz CT molecular complexity index is 405. The molecular weight excluding hydrogens is 238 g/mol. The Morgan fingerprint density at radius 1 is 1.21 bits per heavy atom. The van der Waals surface area contributed by atoms with Crippen LogP contribution in [-0.4, -0.2) is 11.1 Å². The SMILES string of the molecule is CCCC1CCC(c2ccc(C(=O)NO)cc2)CC1. The van der Waals surface area contributed by atoms with Gasteiger partial charge in [-0.25, -0.2) is 5.48 Å². The van der Waals surface area contributed by atoms with Crippen molar-refractivity contribution < 1.29 is 10.0 Å². The van der Waals surface area contributed by atoms with Gasteiger partial charge >= 0.3 is 0 Å². The molecule has 1 fully saturated rings. The summed E-state index contributed by atoms with van der Waals surface area (Å²) in [6, 6.07) is 7.63. The lowest BCUT2D eigenvalue weighted by atomic mass is 9.77. The molecule has 3 heteroatoms. The zero-order chi connectivity index (χ0) is 13.7. The molecule has 19 heavy (non-hydrogen) atoms. The molecule has 1 aromatic rings. The van der Waals surface area contributed by atoms with Crippen molar-refractivity contribution in [1.29, 1.82) is 0 Å². The summed E-state index contributed by atoms with van der Waals surface area (Å²) in [6.07, 6.45) is 7.84. The fourth-order valence-corrected chi connectivity index (χ4v) is 3.16. The molecule has 1 aromatic carbocycles. The van der Waals surface area contributed by atoms with E-state index in [9.17, 15) is 4.79 Å². The molecule has 1 aliphatic carbocycles. The Hall–Kier alpha value is -1.35. The number of carbonyl (C=O) groups excluding carboxylic acids is 1. The molecule has 0 unspecified atom stereocenters. The van der Waals surface area contributed by atoms with Crippen LogP contribution in [0.2, 0.25) is 0 Å². The smallest absolute Gasteiger partial charge is 0.274 e. The highest BCUT2D eigenvalue weighted by atomic mass is 16.5. The minimum absolute atomic E-state index is 0.446. The molecule has 1 aliphatic rings. The first-order chi connectivity index (χ1) is 9.24. The van der Waals surface area contributed by atoms with Crippen molar-refractivity contribution in [3.8, 4) is 0 Å². The maximum atomic E-state index is 11.3. The number of benzene rings is 1. The number of carbonyl (C=O) groups is 1. The fraction of sp³-hybridized carbons (Fsp3) is 0.562. The zero-order valence-corrected chi connectivity index (χ0v) is 11.6. The van der Waals surface area contributed by atoms with Gasteiger partial charge in [-0.2, -0.15) is 0 Å². The third kappa shape index (κ3) is 3.57. The Labute approximate surface area is 115 Å². The summed E-state index contributed by atoms with van der Waals surface area (Å²) in [5, 5.41) is 8.59. The Balaban J connectivity index is 1.94. The summed E-state index contributed by atoms with van der Waals surface area (Å²) in [7, 11) is 0. The van der Waals surface area contributed by atoms with Gasteiger partial charge in [-0.3, -0.25) is 10.0 Å². The number of hydrogen-bond donors (Lipinski definition) is 2. The molecule has 3 nitrogen and oxygen atoms in total. The van der Waals surface area contributed by atoms with Gasteiger partial charge in [-0.05, 0) is 55.2 Å². The van der Waals surface area contributed by atoms with Crippen LogP contribution in [0.5, 0.6) is 0 Å². The zero-order valence-electron chi connectivity index (χ0n) is 11.6. The van der Waals surface area contributed by atoms with E-state index in [1.54, 1.807) is 17.6 Å². The Kier molecular flexibility index (Phi) is 4.97. The summed E-state index contributed by atoms with van der Waals surface area (Å²) >= 11 is 0. The van der Waals surface area contributed by atoms with E-state index < -0.39 is 5.91 Å². The van der Waals surface area contributed by atoms with Gasteiger partial charge in [0.05, 0.1) is 0 Å². The monoisotopic (exact) mass is 261 g/mol. The van der Waals surface area contributed by atoms with Crippen molar-refractivity contribution in [1.82, 2.24) is 5.48 Å². The first-order valence-electron chi connectivity index (χ1n) is 7.29. The molecule has 2 rings (SSSR count). The molecule has 0 aliphatic heterocycles. The van der Waals surface area contributed by atoms with Crippen LogP contribution in [0.3, 0.4) is 0 Å². The molecule has 0 atom stereocenters. The lowest BCUT2D eigenvalue weighted by Crippen LogP contribution is -2.18. The number of hydrogen-bond acceptors (Lipinski definition) is 2. The van der Waals surface area contributed by atoms with E-state index in [0.717, 1.165) is 5.92 Å². The lowest BCUT2D eigenvalue weighted by molar-refractivity contribution is 0.0706. The van der Waals surface area contributed by atoms with E-state index in [2.05, 4.69) is 6.92 Å². The molecule has 0 bridgehead atoms. The topological polar surface area (TPSA) is 49.3 Å². The van der Waals surface area contributed by atoms with Crippen molar-refractivity contribution in [2.24, 2.45) is 5.92 Å². The predicted molar refractivity (Wildman–Crippen MR) is 75.3 cm³/mol. The molecule has 0 radical (unpaired) electrons. The van der Waals surface area contributed by atoms with Crippen LogP contribution in [0.15, 0.2) is 24.3 Å². The average molecular weight is 261 g/mol. The van der Waals surface area contributed by atoms with E-state index in [1.807, 2.05) is 12.1 Å². The summed E-state index contributed by atoms with van der Waals surface area (Å²) < 4.78 is 0. The fourth-order valence-electron chi connectivity index (χ4n) is 3.16. The number of hydroxylamine groups is 1. The second kappa shape index (κ2) is 6.71. The molecular formula is C16H23NO2. The second-order valence-corrected chi connectivity index (χ2v) is 5.57. The molecule has 1 saturated carbocycles. The lowest BCUT2D eigenvalue weighted by Gasteiger charge is -2.28. The van der Waals surface area contributed by atoms with Crippen LogP contribution in [-0.2, 0) is 0 Å². The van der Waals surface area contributed by atoms with E-state index in [4.69, 9.17) is 5.21 Å². The third-order valence-corrected chi connectivity index (χ3v) is 4.29. The maximum Gasteiger partial charge on any atom is 0.274 e. The van der Waals surface area contributed by atoms with Gasteiger partial charge in [-0.1, -0.05) is 31.9 Å². The van der Waals surface area contributed by atoms with E-state index in [-0.39, 0.29) is 0 Å². The largest absolute Gasteiger partial charge is 0.288 e. The van der Waals surface area contributed by atoms with Crippen molar-refractivity contribution in [2.45, 2.75) is 51.4 Å². The molecule has 1 amide bonds. The van der Waals surface area contributed by atoms with Crippen molar-refractivity contribution in [3.63, 3.8) is 0 Å². The second-order valence-electron chi connectivity index (χ2n) is 5.57. The molecule has 2 N–H and O–H groups in total. The minimum Gasteiger partial charge on any atom is -0.288 e. The standard InChI is InChI=1S/C16H23NO2/c1-2-3-12-4-6-13(7-5-12)14-8-10-15(11-9-14)16(18)17-19/h8-13,19H,2-7H2,1H3,(H,17,18). The number of amides is 1. The van der Waals surface area contributed by atoms with Crippen LogP contribution in [0.25, 0.3) is 0 Å². The predicted octanol–water partition coefficient (Wildman–Crippen LogP) is 3.88. The van der Waals surface area contributed by atoms with Crippen LogP contribution in [0.1, 0.15) is 67.3 Å². The Morgan fingerprint density at radius 2 is 1.84 bits per heavy atom. The highest BCUT2D eigenvalue weighted by Crippen LogP contribution is 2.37. The molecule has 0 saturated heterocycles. The first kappa shape index (κ1) is 14.1. The molecule has 0 heterocycles.